The second-order valence-corrected chi connectivity index (χ2v) is 3.12. The van der Waals surface area contributed by atoms with Crippen LogP contribution in [0.5, 0.6) is 0 Å². The second kappa shape index (κ2) is 3.20. The van der Waals surface area contributed by atoms with E-state index in [0.29, 0.717) is 11.1 Å². The van der Waals surface area contributed by atoms with Gasteiger partial charge in [0.1, 0.15) is 0 Å². The van der Waals surface area contributed by atoms with Gasteiger partial charge in [0.05, 0.1) is 10.9 Å². The first-order valence-corrected chi connectivity index (χ1v) is 4.26. The van der Waals surface area contributed by atoms with Crippen LogP contribution in [0.15, 0.2) is 32.2 Å². The standard InChI is InChI=1S/C10H7NO4/c1-5(12)6-2-3-7-8(4-6)11-10(14)15-9(7)13/h2-4H,1H3,(H,11,14). The van der Waals surface area contributed by atoms with E-state index >= 15 is 0 Å². The highest BCUT2D eigenvalue weighted by atomic mass is 16.4. The minimum atomic E-state index is -0.826. The third-order valence-electron chi connectivity index (χ3n) is 2.07. The molecule has 5 heteroatoms. The van der Waals surface area contributed by atoms with Gasteiger partial charge < -0.3 is 4.42 Å². The summed E-state index contributed by atoms with van der Waals surface area (Å²) in [5.74, 6) is -0.959. The van der Waals surface area contributed by atoms with Gasteiger partial charge in [-0.05, 0) is 19.1 Å². The molecule has 1 aromatic carbocycles. The molecule has 1 N–H and O–H groups in total. The van der Waals surface area contributed by atoms with Crippen molar-refractivity contribution in [3.05, 3.63) is 44.7 Å². The Bertz CT molecular complexity index is 650. The molecule has 0 spiro atoms. The Kier molecular flexibility index (Phi) is 2.00. The minimum Gasteiger partial charge on any atom is -0.372 e. The van der Waals surface area contributed by atoms with Gasteiger partial charge in [-0.1, -0.05) is 6.07 Å². The number of aromatic amines is 1. The largest absolute Gasteiger partial charge is 0.419 e. The maximum Gasteiger partial charge on any atom is 0.419 e. The molecular formula is C10H7NO4. The number of Topliss-reactive ketones (excluding diaryl/α,β-unsaturated/α-hetero) is 1. The van der Waals surface area contributed by atoms with Crippen molar-refractivity contribution >= 4 is 16.7 Å². The average Bonchev–Trinajstić information content (AvgIpc) is 2.16. The van der Waals surface area contributed by atoms with Gasteiger partial charge in [0, 0.05) is 5.56 Å². The Morgan fingerprint density at radius 3 is 2.73 bits per heavy atom. The summed E-state index contributed by atoms with van der Waals surface area (Å²) in [6.07, 6.45) is 0. The fraction of sp³-hybridized carbons (Fsp3) is 0.100. The first-order chi connectivity index (χ1) is 7.08. The molecule has 0 aliphatic carbocycles. The number of benzene rings is 1. The SMILES string of the molecule is CC(=O)c1ccc2c(=O)oc(=O)[nH]c2c1. The fourth-order valence-electron chi connectivity index (χ4n) is 1.32. The summed E-state index contributed by atoms with van der Waals surface area (Å²) in [5, 5.41) is 0.250. The molecule has 0 fully saturated rings. The topological polar surface area (TPSA) is 80.1 Å². The number of fused-ring (bicyclic) bond motifs is 1. The quantitative estimate of drug-likeness (QED) is 0.694. The molecule has 0 radical (unpaired) electrons. The first-order valence-electron chi connectivity index (χ1n) is 4.26. The van der Waals surface area contributed by atoms with Crippen molar-refractivity contribution in [3.63, 3.8) is 0 Å². The smallest absolute Gasteiger partial charge is 0.372 e. The van der Waals surface area contributed by atoms with Gasteiger partial charge in [0.15, 0.2) is 5.78 Å². The highest BCUT2D eigenvalue weighted by Crippen LogP contribution is 2.09. The van der Waals surface area contributed by atoms with Gasteiger partial charge in [-0.25, -0.2) is 9.59 Å². The van der Waals surface area contributed by atoms with Crippen LogP contribution < -0.4 is 11.4 Å². The summed E-state index contributed by atoms with van der Waals surface area (Å²) in [7, 11) is 0. The zero-order valence-electron chi connectivity index (χ0n) is 7.87. The number of hydrogen-bond donors (Lipinski definition) is 1. The molecule has 0 bridgehead atoms. The Morgan fingerprint density at radius 2 is 2.07 bits per heavy atom. The average molecular weight is 205 g/mol. The molecule has 1 heterocycles. The molecule has 0 unspecified atom stereocenters. The summed E-state index contributed by atoms with van der Waals surface area (Å²) in [6, 6.07) is 4.42. The third kappa shape index (κ3) is 1.59. The van der Waals surface area contributed by atoms with Crippen molar-refractivity contribution in [2.45, 2.75) is 6.92 Å². The van der Waals surface area contributed by atoms with Gasteiger partial charge in [0.25, 0.3) is 0 Å². The molecule has 0 saturated heterocycles. The summed E-state index contributed by atoms with van der Waals surface area (Å²) in [4.78, 5) is 35.5. The molecule has 76 valence electrons. The molecular weight excluding hydrogens is 198 g/mol. The van der Waals surface area contributed by atoms with Crippen molar-refractivity contribution in [2.75, 3.05) is 0 Å². The lowest BCUT2D eigenvalue weighted by Gasteiger charge is -1.97. The van der Waals surface area contributed by atoms with Crippen molar-refractivity contribution in [2.24, 2.45) is 0 Å². The van der Waals surface area contributed by atoms with E-state index in [4.69, 9.17) is 0 Å². The van der Waals surface area contributed by atoms with Crippen molar-refractivity contribution in [1.29, 1.82) is 0 Å². The molecule has 0 aliphatic heterocycles. The molecule has 5 nitrogen and oxygen atoms in total. The molecule has 0 saturated carbocycles. The molecule has 2 rings (SSSR count). The lowest BCUT2D eigenvalue weighted by Crippen LogP contribution is -2.14. The number of carbonyl (C=O) groups excluding carboxylic acids is 1. The number of carbonyl (C=O) groups is 1. The van der Waals surface area contributed by atoms with E-state index in [-0.39, 0.29) is 11.2 Å². The van der Waals surface area contributed by atoms with Crippen LogP contribution in [-0.2, 0) is 0 Å². The van der Waals surface area contributed by atoms with Crippen LogP contribution in [0.1, 0.15) is 17.3 Å². The molecule has 0 atom stereocenters. The van der Waals surface area contributed by atoms with E-state index in [9.17, 15) is 14.4 Å². The van der Waals surface area contributed by atoms with Crippen LogP contribution in [0.25, 0.3) is 10.9 Å². The normalized spacial score (nSPS) is 10.5. The van der Waals surface area contributed by atoms with Crippen LogP contribution in [0.4, 0.5) is 0 Å². The Hall–Kier alpha value is -2.17. The van der Waals surface area contributed by atoms with Crippen molar-refractivity contribution in [3.8, 4) is 0 Å². The lowest BCUT2D eigenvalue weighted by atomic mass is 10.1. The van der Waals surface area contributed by atoms with Crippen LogP contribution in [0.3, 0.4) is 0 Å². The van der Waals surface area contributed by atoms with Crippen LogP contribution in [-0.4, -0.2) is 10.8 Å². The zero-order valence-corrected chi connectivity index (χ0v) is 7.87. The molecule has 2 aromatic rings. The Morgan fingerprint density at radius 1 is 1.33 bits per heavy atom. The van der Waals surface area contributed by atoms with Gasteiger partial charge in [-0.15, -0.1) is 0 Å². The zero-order chi connectivity index (χ0) is 11.0. The number of nitrogens with one attached hydrogen (secondary N) is 1. The molecule has 0 aliphatic rings. The number of ketones is 1. The van der Waals surface area contributed by atoms with Crippen molar-refractivity contribution < 1.29 is 9.21 Å². The summed E-state index contributed by atoms with van der Waals surface area (Å²) in [6.45, 7) is 1.41. The Balaban J connectivity index is 2.88. The van der Waals surface area contributed by atoms with E-state index in [1.165, 1.54) is 25.1 Å². The molecule has 1 aromatic heterocycles. The predicted molar refractivity (Wildman–Crippen MR) is 53.1 cm³/mol. The van der Waals surface area contributed by atoms with Crippen LogP contribution in [0.2, 0.25) is 0 Å². The number of H-pyrrole nitrogens is 1. The fourth-order valence-corrected chi connectivity index (χ4v) is 1.32. The van der Waals surface area contributed by atoms with E-state index in [1.54, 1.807) is 0 Å². The minimum absolute atomic E-state index is 0.133. The van der Waals surface area contributed by atoms with E-state index in [2.05, 4.69) is 9.40 Å². The van der Waals surface area contributed by atoms with E-state index in [1.807, 2.05) is 0 Å². The Labute approximate surface area is 83.4 Å². The van der Waals surface area contributed by atoms with E-state index < -0.39 is 11.4 Å². The first kappa shape index (κ1) is 9.39. The van der Waals surface area contributed by atoms with Crippen LogP contribution >= 0.6 is 0 Å². The van der Waals surface area contributed by atoms with Gasteiger partial charge in [0.2, 0.25) is 0 Å². The number of hydrogen-bond acceptors (Lipinski definition) is 4. The second-order valence-electron chi connectivity index (χ2n) is 3.12. The summed E-state index contributed by atoms with van der Waals surface area (Å²) in [5.41, 5.74) is 0.0385. The summed E-state index contributed by atoms with van der Waals surface area (Å²) < 4.78 is 4.34. The third-order valence-corrected chi connectivity index (χ3v) is 2.07. The predicted octanol–water partition coefficient (Wildman–Crippen LogP) is 0.684. The summed E-state index contributed by atoms with van der Waals surface area (Å²) >= 11 is 0. The van der Waals surface area contributed by atoms with Crippen molar-refractivity contribution in [1.82, 2.24) is 4.98 Å². The van der Waals surface area contributed by atoms with Gasteiger partial charge in [-0.3, -0.25) is 9.78 Å². The highest BCUT2D eigenvalue weighted by molar-refractivity contribution is 5.97. The molecule has 15 heavy (non-hydrogen) atoms. The lowest BCUT2D eigenvalue weighted by molar-refractivity contribution is 0.101. The van der Waals surface area contributed by atoms with Crippen LogP contribution in [0, 0.1) is 0 Å². The maximum atomic E-state index is 11.2. The van der Waals surface area contributed by atoms with E-state index in [0.717, 1.165) is 0 Å². The monoisotopic (exact) mass is 205 g/mol. The van der Waals surface area contributed by atoms with Gasteiger partial charge in [-0.2, -0.15) is 0 Å². The highest BCUT2D eigenvalue weighted by Gasteiger charge is 2.05. The van der Waals surface area contributed by atoms with Gasteiger partial charge >= 0.3 is 11.4 Å². The number of rotatable bonds is 1. The molecule has 0 amide bonds. The maximum absolute atomic E-state index is 11.2. The number of aromatic nitrogens is 1.